The fraction of sp³-hybridized carbons (Fsp3) is 0.500. The van der Waals surface area contributed by atoms with Gasteiger partial charge in [-0.05, 0) is 25.0 Å². The van der Waals surface area contributed by atoms with Gasteiger partial charge in [0.1, 0.15) is 5.82 Å². The number of nitrogens with one attached hydrogen (secondary N) is 2. The molecule has 0 spiro atoms. The number of carbonyl (C=O) groups is 2. The smallest absolute Gasteiger partial charge is 0.255 e. The second-order valence-electron chi connectivity index (χ2n) is 5.48. The van der Waals surface area contributed by atoms with Gasteiger partial charge in [0, 0.05) is 19.0 Å². The Balaban J connectivity index is 1.74. The van der Waals surface area contributed by atoms with E-state index in [4.69, 9.17) is 11.6 Å². The van der Waals surface area contributed by atoms with Crippen molar-refractivity contribution in [1.29, 1.82) is 0 Å². The number of rotatable bonds is 5. The molecule has 0 bridgehead atoms. The molecule has 0 unspecified atom stereocenters. The first-order valence-electron chi connectivity index (χ1n) is 7.59. The standard InChI is InChI=1S/C16H20ClFN2O2/c17-12-7-4-8-13(18)14(12)16(22)20-10-9-19-15(21)11-5-2-1-3-6-11/h4,7-8,11H,1-3,5-6,9-10H2,(H,19,21)(H,20,22). The molecule has 22 heavy (non-hydrogen) atoms. The molecule has 0 aromatic heterocycles. The molecule has 2 rings (SSSR count). The van der Waals surface area contributed by atoms with E-state index in [-0.39, 0.29) is 29.0 Å². The SMILES string of the molecule is O=C(NCCNC(=O)C1CCCCC1)c1c(F)cccc1Cl. The highest BCUT2D eigenvalue weighted by molar-refractivity contribution is 6.33. The van der Waals surface area contributed by atoms with Crippen LogP contribution in [0.4, 0.5) is 4.39 Å². The lowest BCUT2D eigenvalue weighted by Gasteiger charge is -2.20. The Hall–Kier alpha value is -1.62. The van der Waals surface area contributed by atoms with Gasteiger partial charge in [-0.3, -0.25) is 9.59 Å². The predicted molar refractivity (Wildman–Crippen MR) is 83.3 cm³/mol. The van der Waals surface area contributed by atoms with Gasteiger partial charge in [0.05, 0.1) is 10.6 Å². The third kappa shape index (κ3) is 4.44. The van der Waals surface area contributed by atoms with E-state index in [1.165, 1.54) is 24.6 Å². The summed E-state index contributed by atoms with van der Waals surface area (Å²) in [6, 6.07) is 4.09. The molecule has 1 saturated carbocycles. The first-order chi connectivity index (χ1) is 10.6. The number of benzene rings is 1. The highest BCUT2D eigenvalue weighted by atomic mass is 35.5. The molecule has 0 atom stereocenters. The van der Waals surface area contributed by atoms with Crippen molar-refractivity contribution in [2.75, 3.05) is 13.1 Å². The summed E-state index contributed by atoms with van der Waals surface area (Å²) in [6.45, 7) is 0.565. The van der Waals surface area contributed by atoms with Gasteiger partial charge in [-0.15, -0.1) is 0 Å². The van der Waals surface area contributed by atoms with Crippen LogP contribution in [-0.2, 0) is 4.79 Å². The van der Waals surface area contributed by atoms with Crippen molar-refractivity contribution in [1.82, 2.24) is 10.6 Å². The maximum Gasteiger partial charge on any atom is 0.255 e. The van der Waals surface area contributed by atoms with Gasteiger partial charge >= 0.3 is 0 Å². The molecule has 1 fully saturated rings. The fourth-order valence-corrected chi connectivity index (χ4v) is 2.92. The highest BCUT2D eigenvalue weighted by Gasteiger charge is 2.20. The maximum absolute atomic E-state index is 13.6. The fourth-order valence-electron chi connectivity index (χ4n) is 2.67. The van der Waals surface area contributed by atoms with Crippen LogP contribution in [0.2, 0.25) is 5.02 Å². The molecule has 2 amide bonds. The zero-order valence-electron chi connectivity index (χ0n) is 12.3. The summed E-state index contributed by atoms with van der Waals surface area (Å²) in [4.78, 5) is 23.8. The first kappa shape index (κ1) is 16.7. The molecule has 1 aliphatic carbocycles. The van der Waals surface area contributed by atoms with Crippen molar-refractivity contribution in [3.63, 3.8) is 0 Å². The van der Waals surface area contributed by atoms with Gasteiger partial charge in [0.25, 0.3) is 5.91 Å². The lowest BCUT2D eigenvalue weighted by molar-refractivity contribution is -0.125. The van der Waals surface area contributed by atoms with Crippen LogP contribution < -0.4 is 10.6 Å². The Labute approximate surface area is 134 Å². The van der Waals surface area contributed by atoms with Crippen molar-refractivity contribution < 1.29 is 14.0 Å². The van der Waals surface area contributed by atoms with E-state index < -0.39 is 11.7 Å². The van der Waals surface area contributed by atoms with Crippen molar-refractivity contribution in [3.8, 4) is 0 Å². The molecule has 1 aromatic carbocycles. The lowest BCUT2D eigenvalue weighted by Crippen LogP contribution is -2.38. The van der Waals surface area contributed by atoms with E-state index >= 15 is 0 Å². The monoisotopic (exact) mass is 326 g/mol. The van der Waals surface area contributed by atoms with Gasteiger partial charge in [-0.1, -0.05) is 36.9 Å². The van der Waals surface area contributed by atoms with Gasteiger partial charge in [0.2, 0.25) is 5.91 Å². The quantitative estimate of drug-likeness (QED) is 0.817. The summed E-state index contributed by atoms with van der Waals surface area (Å²) < 4.78 is 13.6. The lowest BCUT2D eigenvalue weighted by atomic mass is 9.89. The first-order valence-corrected chi connectivity index (χ1v) is 7.97. The average Bonchev–Trinajstić information content (AvgIpc) is 2.52. The molecule has 6 heteroatoms. The molecule has 0 saturated heterocycles. The zero-order valence-corrected chi connectivity index (χ0v) is 13.1. The molecule has 0 heterocycles. The van der Waals surface area contributed by atoms with Gasteiger partial charge in [-0.2, -0.15) is 0 Å². The number of hydrogen-bond donors (Lipinski definition) is 2. The maximum atomic E-state index is 13.6. The molecular weight excluding hydrogens is 307 g/mol. The van der Waals surface area contributed by atoms with Crippen LogP contribution in [0, 0.1) is 11.7 Å². The average molecular weight is 327 g/mol. The third-order valence-electron chi connectivity index (χ3n) is 3.88. The minimum absolute atomic E-state index is 0.0397. The summed E-state index contributed by atoms with van der Waals surface area (Å²) in [7, 11) is 0. The topological polar surface area (TPSA) is 58.2 Å². The number of carbonyl (C=O) groups excluding carboxylic acids is 2. The molecule has 0 aliphatic heterocycles. The van der Waals surface area contributed by atoms with Crippen LogP contribution in [0.1, 0.15) is 42.5 Å². The Morgan fingerprint density at radius 2 is 1.82 bits per heavy atom. The van der Waals surface area contributed by atoms with Crippen LogP contribution in [-0.4, -0.2) is 24.9 Å². The minimum atomic E-state index is -0.656. The summed E-state index contributed by atoms with van der Waals surface area (Å²) in [5, 5.41) is 5.44. The third-order valence-corrected chi connectivity index (χ3v) is 4.19. The Bertz CT molecular complexity index is 525. The summed E-state index contributed by atoms with van der Waals surface area (Å²) >= 11 is 5.82. The van der Waals surface area contributed by atoms with Crippen molar-refractivity contribution >= 4 is 23.4 Å². The van der Waals surface area contributed by atoms with E-state index in [9.17, 15) is 14.0 Å². The molecule has 1 aromatic rings. The predicted octanol–water partition coefficient (Wildman–Crippen LogP) is 2.91. The Morgan fingerprint density at radius 1 is 1.14 bits per heavy atom. The van der Waals surface area contributed by atoms with Gasteiger partial charge in [0.15, 0.2) is 0 Å². The molecule has 120 valence electrons. The van der Waals surface area contributed by atoms with Crippen molar-refractivity contribution in [2.45, 2.75) is 32.1 Å². The van der Waals surface area contributed by atoms with Crippen molar-refractivity contribution in [3.05, 3.63) is 34.6 Å². The highest BCUT2D eigenvalue weighted by Crippen LogP contribution is 2.23. The van der Waals surface area contributed by atoms with E-state index in [0.717, 1.165) is 25.7 Å². The Kier molecular flexibility index (Phi) is 6.19. The van der Waals surface area contributed by atoms with E-state index in [2.05, 4.69) is 10.6 Å². The Morgan fingerprint density at radius 3 is 2.50 bits per heavy atom. The van der Waals surface area contributed by atoms with Crippen LogP contribution in [0.25, 0.3) is 0 Å². The second-order valence-corrected chi connectivity index (χ2v) is 5.89. The molecule has 4 nitrogen and oxygen atoms in total. The van der Waals surface area contributed by atoms with Gasteiger partial charge in [-0.25, -0.2) is 4.39 Å². The molecule has 1 aliphatic rings. The van der Waals surface area contributed by atoms with E-state index in [0.29, 0.717) is 6.54 Å². The molecular formula is C16H20ClFN2O2. The van der Waals surface area contributed by atoms with E-state index in [1.54, 1.807) is 0 Å². The summed E-state index contributed by atoms with van der Waals surface area (Å²) in [5.74, 6) is -1.10. The van der Waals surface area contributed by atoms with Crippen LogP contribution in [0.5, 0.6) is 0 Å². The molecule has 0 radical (unpaired) electrons. The second kappa shape index (κ2) is 8.13. The van der Waals surface area contributed by atoms with E-state index in [1.807, 2.05) is 0 Å². The van der Waals surface area contributed by atoms with Crippen LogP contribution >= 0.6 is 11.6 Å². The van der Waals surface area contributed by atoms with Crippen LogP contribution in [0.15, 0.2) is 18.2 Å². The number of amides is 2. The number of halogens is 2. The number of hydrogen-bond acceptors (Lipinski definition) is 2. The zero-order chi connectivity index (χ0) is 15.9. The normalized spacial score (nSPS) is 15.4. The minimum Gasteiger partial charge on any atom is -0.354 e. The largest absolute Gasteiger partial charge is 0.354 e. The van der Waals surface area contributed by atoms with Crippen LogP contribution in [0.3, 0.4) is 0 Å². The molecule has 2 N–H and O–H groups in total. The van der Waals surface area contributed by atoms with Crippen molar-refractivity contribution in [2.24, 2.45) is 5.92 Å². The summed E-state index contributed by atoms with van der Waals surface area (Å²) in [5.41, 5.74) is -0.164. The van der Waals surface area contributed by atoms with Gasteiger partial charge < -0.3 is 10.6 Å². The summed E-state index contributed by atoms with van der Waals surface area (Å²) in [6.07, 6.45) is 5.26.